The molecule has 0 bridgehead atoms. The van der Waals surface area contributed by atoms with Crippen LogP contribution in [-0.4, -0.2) is 81.8 Å². The Morgan fingerprint density at radius 1 is 0.980 bits per heavy atom. The molecule has 0 spiro atoms. The molecule has 1 aromatic heterocycles. The van der Waals surface area contributed by atoms with Gasteiger partial charge in [0.25, 0.3) is 0 Å². The van der Waals surface area contributed by atoms with Gasteiger partial charge in [0.1, 0.15) is 11.3 Å². The van der Waals surface area contributed by atoms with E-state index in [1.54, 1.807) is 27.7 Å². The molecule has 280 valence electrons. The fourth-order valence-electron chi connectivity index (χ4n) is 7.25. The zero-order valence-electron chi connectivity index (χ0n) is 29.8. The highest BCUT2D eigenvalue weighted by Crippen LogP contribution is 2.71. The van der Waals surface area contributed by atoms with Crippen LogP contribution in [-0.2, 0) is 32.0 Å². The van der Waals surface area contributed by atoms with Gasteiger partial charge in [-0.2, -0.15) is 0 Å². The number of nitrogens with zero attached hydrogens (tertiary/aromatic N) is 2. The Morgan fingerprint density at radius 2 is 1.62 bits per heavy atom. The first-order chi connectivity index (χ1) is 24.0. The largest absolute Gasteiger partial charge is 0.492 e. The Kier molecular flexibility index (Phi) is 13.2. The van der Waals surface area contributed by atoms with Gasteiger partial charge in [-0.25, -0.2) is 9.18 Å². The molecule has 2 aromatic rings. The molecular weight excluding hydrogens is 691 g/mol. The number of carbonyl (C=O) groups is 1. The molecule has 2 saturated heterocycles. The van der Waals surface area contributed by atoms with Gasteiger partial charge >= 0.3 is 21.2 Å². The highest BCUT2D eigenvalue weighted by atomic mass is 31.2. The third-order valence-corrected chi connectivity index (χ3v) is 15.7. The van der Waals surface area contributed by atoms with E-state index in [9.17, 15) is 18.7 Å². The topological polar surface area (TPSA) is 144 Å². The van der Waals surface area contributed by atoms with Gasteiger partial charge in [0.2, 0.25) is 5.43 Å². The first-order valence-corrected chi connectivity index (χ1v) is 21.2. The molecule has 0 unspecified atom stereocenters. The van der Waals surface area contributed by atoms with E-state index in [1.807, 2.05) is 9.47 Å². The van der Waals surface area contributed by atoms with Crippen LogP contribution in [0.4, 0.5) is 10.1 Å². The van der Waals surface area contributed by atoms with Crippen molar-refractivity contribution in [1.82, 2.24) is 9.88 Å². The number of methoxy groups -OCH3 is 1. The first kappa shape index (κ1) is 38.9. The van der Waals surface area contributed by atoms with E-state index in [2.05, 4.69) is 5.32 Å². The molecular formula is C34H52FN3O10P2. The fraction of sp³-hybridized carbons (Fsp3) is 0.706. The van der Waals surface area contributed by atoms with E-state index in [1.165, 1.54) is 19.4 Å². The number of ether oxygens (including phenoxy) is 2. The van der Waals surface area contributed by atoms with E-state index in [0.29, 0.717) is 48.8 Å². The van der Waals surface area contributed by atoms with Crippen LogP contribution in [0.15, 0.2) is 17.1 Å². The summed E-state index contributed by atoms with van der Waals surface area (Å²) < 4.78 is 78.9. The first-order valence-electron chi connectivity index (χ1n) is 17.9. The van der Waals surface area contributed by atoms with Crippen molar-refractivity contribution in [1.29, 1.82) is 0 Å². The zero-order chi connectivity index (χ0) is 36.1. The highest BCUT2D eigenvalue weighted by Gasteiger charge is 2.50. The van der Waals surface area contributed by atoms with E-state index < -0.39 is 37.8 Å². The number of hydrogen-bond acceptors (Lipinski definition) is 12. The molecule has 3 fully saturated rings. The second-order valence-corrected chi connectivity index (χ2v) is 17.7. The van der Waals surface area contributed by atoms with Crippen LogP contribution in [0, 0.1) is 11.7 Å². The van der Waals surface area contributed by atoms with Crippen LogP contribution in [0.3, 0.4) is 0 Å². The summed E-state index contributed by atoms with van der Waals surface area (Å²) in [7, 11) is -6.33. The summed E-state index contributed by atoms with van der Waals surface area (Å²) in [4.78, 5) is 29.2. The number of fused-ring (bicyclic) bond motifs is 2. The minimum Gasteiger partial charge on any atom is -0.492 e. The predicted octanol–water partition coefficient (Wildman–Crippen LogP) is 6.86. The number of rotatable bonds is 19. The monoisotopic (exact) mass is 743 g/mol. The van der Waals surface area contributed by atoms with Crippen molar-refractivity contribution in [3.63, 3.8) is 0 Å². The van der Waals surface area contributed by atoms with E-state index in [0.717, 1.165) is 32.2 Å². The lowest BCUT2D eigenvalue weighted by Gasteiger charge is -2.31. The molecule has 1 aromatic carbocycles. The summed E-state index contributed by atoms with van der Waals surface area (Å²) in [6.45, 7) is 9.15. The number of pyridine rings is 1. The molecule has 0 radical (unpaired) electrons. The van der Waals surface area contributed by atoms with Crippen LogP contribution >= 0.6 is 15.2 Å². The molecule has 1 aliphatic carbocycles. The maximum absolute atomic E-state index is 16.0. The highest BCUT2D eigenvalue weighted by molar-refractivity contribution is 7.72. The van der Waals surface area contributed by atoms with Crippen LogP contribution in [0.5, 0.6) is 5.75 Å². The van der Waals surface area contributed by atoms with E-state index >= 15 is 4.39 Å². The summed E-state index contributed by atoms with van der Waals surface area (Å²) in [5.41, 5.74) is -0.00795. The quantitative estimate of drug-likeness (QED) is 0.0913. The van der Waals surface area contributed by atoms with Crippen molar-refractivity contribution in [3.8, 4) is 5.75 Å². The third kappa shape index (κ3) is 8.17. The molecule has 1 N–H and O–H groups in total. The van der Waals surface area contributed by atoms with E-state index in [4.69, 9.17) is 27.6 Å². The van der Waals surface area contributed by atoms with Crippen LogP contribution in [0.2, 0.25) is 0 Å². The standard InChI is InChI=1S/C34H52FN3O10P2/c1-6-45-49(41,46-7-2)29(50(42,47-8-3)48-9-4)14-10-11-18-44-34(40)26-21-38(24-15-16-24)30-25(32(26)39)19-27(35)31(33(30)43-5)37-20-23-13-12-17-36-28(23)22-37/h19,21,23-24,28-29,36H,6-18,20,22H2,1-5H3/t23-,28+/m0/s1. The number of piperidine rings is 1. The number of carbonyl (C=O) groups excluding carboxylic acids is 1. The smallest absolute Gasteiger partial charge is 0.345 e. The molecule has 16 heteroatoms. The lowest BCUT2D eigenvalue weighted by atomic mass is 9.94. The second-order valence-electron chi connectivity index (χ2n) is 12.9. The number of esters is 1. The summed E-state index contributed by atoms with van der Waals surface area (Å²) in [6.07, 6.45) is 6.07. The maximum Gasteiger partial charge on any atom is 0.345 e. The average Bonchev–Trinajstić information content (AvgIpc) is 3.84. The Balaban J connectivity index is 1.34. The minimum absolute atomic E-state index is 0.0364. The molecule has 3 heterocycles. The van der Waals surface area contributed by atoms with Crippen molar-refractivity contribution in [2.45, 2.75) is 90.1 Å². The maximum atomic E-state index is 16.0. The molecule has 50 heavy (non-hydrogen) atoms. The normalized spacial score (nSPS) is 19.7. The van der Waals surface area contributed by atoms with Crippen molar-refractivity contribution in [2.24, 2.45) is 5.92 Å². The SMILES string of the molecule is CCOP(=O)(OCC)C(CCCCOC(=O)c1cn(C2CC2)c2c(OC)c(N3C[C@@H]4CCCN[C@@H]4C3)c(F)cc2c1=O)P(=O)(OCC)OCC. The molecule has 0 amide bonds. The molecule has 13 nitrogen and oxygen atoms in total. The number of unbranched alkanes of at least 4 members (excludes halogenated alkanes) is 1. The molecule has 3 aliphatic rings. The van der Waals surface area contributed by atoms with Crippen molar-refractivity contribution >= 4 is 37.8 Å². The number of anilines is 1. The lowest BCUT2D eigenvalue weighted by Crippen LogP contribution is -2.40. The molecule has 1 saturated carbocycles. The third-order valence-electron chi connectivity index (χ3n) is 9.53. The molecule has 5 rings (SSSR count). The summed E-state index contributed by atoms with van der Waals surface area (Å²) in [5, 5.41) is 2.44. The van der Waals surface area contributed by atoms with Crippen LogP contribution in [0.1, 0.15) is 89.0 Å². The Morgan fingerprint density at radius 3 is 2.18 bits per heavy atom. The van der Waals surface area contributed by atoms with Gasteiger partial charge in [-0.3, -0.25) is 13.9 Å². The summed E-state index contributed by atoms with van der Waals surface area (Å²) >= 11 is 0. The van der Waals surface area contributed by atoms with Gasteiger partial charge in [-0.05, 0) is 91.2 Å². The molecule has 2 aliphatic heterocycles. The average molecular weight is 744 g/mol. The zero-order valence-corrected chi connectivity index (χ0v) is 31.6. The van der Waals surface area contributed by atoms with Gasteiger partial charge < -0.3 is 42.4 Å². The number of aromatic nitrogens is 1. The Hall–Kier alpha value is -2.31. The van der Waals surface area contributed by atoms with Gasteiger partial charge in [-0.1, -0.05) is 0 Å². The van der Waals surface area contributed by atoms with E-state index in [-0.39, 0.29) is 62.5 Å². The molecule has 2 atom stereocenters. The van der Waals surface area contributed by atoms with Gasteiger partial charge in [-0.15, -0.1) is 0 Å². The van der Waals surface area contributed by atoms with Gasteiger partial charge in [0, 0.05) is 31.4 Å². The lowest BCUT2D eigenvalue weighted by molar-refractivity contribution is 0.0495. The Bertz CT molecular complexity index is 1600. The van der Waals surface area contributed by atoms with Gasteiger partial charge in [0.05, 0.1) is 51.0 Å². The number of nitrogens with one attached hydrogen (secondary N) is 1. The number of benzene rings is 1. The Labute approximate surface area is 293 Å². The van der Waals surface area contributed by atoms with Crippen molar-refractivity contribution < 1.29 is 45.9 Å². The van der Waals surface area contributed by atoms with Crippen LogP contribution < -0.4 is 20.4 Å². The van der Waals surface area contributed by atoms with Crippen LogP contribution in [0.25, 0.3) is 10.9 Å². The van der Waals surface area contributed by atoms with Crippen molar-refractivity contribution in [2.75, 3.05) is 64.7 Å². The van der Waals surface area contributed by atoms with Gasteiger partial charge in [0.15, 0.2) is 17.0 Å². The second kappa shape index (κ2) is 17.0. The van der Waals surface area contributed by atoms with Crippen molar-refractivity contribution in [3.05, 3.63) is 33.9 Å². The number of hydrogen-bond donors (Lipinski definition) is 1. The summed E-state index contributed by atoms with van der Waals surface area (Å²) in [6, 6.07) is 1.54. The fourth-order valence-corrected chi connectivity index (χ4v) is 12.7. The minimum atomic E-state index is -3.91. The number of halogens is 1. The predicted molar refractivity (Wildman–Crippen MR) is 189 cm³/mol. The summed E-state index contributed by atoms with van der Waals surface area (Å²) in [5.74, 6) is -0.690.